The molecule has 1 atom stereocenters. The lowest BCUT2D eigenvalue weighted by Gasteiger charge is -2.22. The molecule has 2 N–H and O–H groups in total. The number of hydrogen-bond donors (Lipinski definition) is 1. The summed E-state index contributed by atoms with van der Waals surface area (Å²) in [6.07, 6.45) is 9.63. The first-order chi connectivity index (χ1) is 15.7. The van der Waals surface area contributed by atoms with Crippen molar-refractivity contribution in [3.05, 3.63) is 65.7 Å². The van der Waals surface area contributed by atoms with Crippen LogP contribution in [0, 0.1) is 0 Å². The highest BCUT2D eigenvalue weighted by Gasteiger charge is 2.15. The summed E-state index contributed by atoms with van der Waals surface area (Å²) in [5, 5.41) is 0. The highest BCUT2D eigenvalue weighted by molar-refractivity contribution is 5.75. The maximum Gasteiger partial charge on any atom is 0.222 e. The third-order valence-corrected chi connectivity index (χ3v) is 6.02. The van der Waals surface area contributed by atoms with Gasteiger partial charge in [0.1, 0.15) is 5.75 Å². The molecule has 4 nitrogen and oxygen atoms in total. The Morgan fingerprint density at radius 2 is 1.66 bits per heavy atom. The molecule has 1 amide bonds. The lowest BCUT2D eigenvalue weighted by Crippen LogP contribution is -2.26. The van der Waals surface area contributed by atoms with Crippen LogP contribution in [0.15, 0.2) is 54.6 Å². The minimum atomic E-state index is 0.176. The minimum absolute atomic E-state index is 0.176. The highest BCUT2D eigenvalue weighted by Crippen LogP contribution is 2.26. The zero-order chi connectivity index (χ0) is 23.0. The van der Waals surface area contributed by atoms with E-state index in [9.17, 15) is 4.79 Å². The highest BCUT2D eigenvalue weighted by atomic mass is 16.5. The molecule has 32 heavy (non-hydrogen) atoms. The van der Waals surface area contributed by atoms with Gasteiger partial charge < -0.3 is 15.4 Å². The number of amides is 1. The average Bonchev–Trinajstić information content (AvgIpc) is 2.82. The third-order valence-electron chi connectivity index (χ3n) is 6.02. The quantitative estimate of drug-likeness (QED) is 0.313. The van der Waals surface area contributed by atoms with Gasteiger partial charge in [-0.15, -0.1) is 0 Å². The number of nitrogens with two attached hydrogens (primary N) is 1. The summed E-state index contributed by atoms with van der Waals surface area (Å²) in [5.41, 5.74) is 7.94. The van der Waals surface area contributed by atoms with Gasteiger partial charge in [0.2, 0.25) is 5.91 Å². The molecule has 1 unspecified atom stereocenters. The summed E-state index contributed by atoms with van der Waals surface area (Å²) in [7, 11) is 1.88. The zero-order valence-corrected chi connectivity index (χ0v) is 20.1. The Hall–Kier alpha value is -2.33. The Balaban J connectivity index is 1.96. The molecule has 0 bridgehead atoms. The van der Waals surface area contributed by atoms with Gasteiger partial charge in [0.25, 0.3) is 0 Å². The van der Waals surface area contributed by atoms with Gasteiger partial charge >= 0.3 is 0 Å². The Bertz CT molecular complexity index is 763. The van der Waals surface area contributed by atoms with Gasteiger partial charge in [0.05, 0.1) is 6.61 Å². The van der Waals surface area contributed by atoms with Gasteiger partial charge in [-0.1, -0.05) is 87.6 Å². The van der Waals surface area contributed by atoms with Crippen molar-refractivity contribution in [1.29, 1.82) is 0 Å². The lowest BCUT2D eigenvalue weighted by molar-refractivity contribution is -0.130. The zero-order valence-electron chi connectivity index (χ0n) is 20.1. The Kier molecular flexibility index (Phi) is 12.5. The number of hydrogen-bond acceptors (Lipinski definition) is 3. The van der Waals surface area contributed by atoms with E-state index in [1.54, 1.807) is 0 Å². The van der Waals surface area contributed by atoms with Crippen LogP contribution >= 0.6 is 0 Å². The van der Waals surface area contributed by atoms with E-state index in [-0.39, 0.29) is 5.91 Å². The lowest BCUT2D eigenvalue weighted by atomic mass is 9.93. The van der Waals surface area contributed by atoms with E-state index in [1.807, 2.05) is 30.1 Å². The van der Waals surface area contributed by atoms with E-state index in [2.05, 4.69) is 43.3 Å². The average molecular weight is 439 g/mol. The molecule has 0 aromatic heterocycles. The van der Waals surface area contributed by atoms with Crippen LogP contribution in [0.4, 0.5) is 0 Å². The maximum atomic E-state index is 12.5. The predicted molar refractivity (Wildman–Crippen MR) is 134 cm³/mol. The van der Waals surface area contributed by atoms with E-state index in [0.717, 1.165) is 37.0 Å². The molecule has 0 aliphatic heterocycles. The van der Waals surface area contributed by atoms with Crippen LogP contribution in [-0.2, 0) is 11.3 Å². The molecule has 0 aliphatic carbocycles. The number of rotatable bonds is 16. The van der Waals surface area contributed by atoms with E-state index in [0.29, 0.717) is 32.0 Å². The van der Waals surface area contributed by atoms with Gasteiger partial charge in [-0.05, 0) is 37.4 Å². The molecule has 4 heteroatoms. The second-order valence-electron chi connectivity index (χ2n) is 8.72. The van der Waals surface area contributed by atoms with Crippen LogP contribution in [0.1, 0.15) is 81.8 Å². The van der Waals surface area contributed by atoms with Crippen molar-refractivity contribution in [2.75, 3.05) is 20.2 Å². The third kappa shape index (κ3) is 9.44. The van der Waals surface area contributed by atoms with Gasteiger partial charge in [0, 0.05) is 31.5 Å². The number of nitrogens with zero attached hydrogens (tertiary/aromatic N) is 1. The smallest absolute Gasteiger partial charge is 0.222 e. The monoisotopic (exact) mass is 438 g/mol. The Labute approximate surface area is 195 Å². The first-order valence-corrected chi connectivity index (χ1v) is 12.3. The predicted octanol–water partition coefficient (Wildman–Crippen LogP) is 6.30. The van der Waals surface area contributed by atoms with E-state index >= 15 is 0 Å². The van der Waals surface area contributed by atoms with Crippen LogP contribution in [-0.4, -0.2) is 31.0 Å². The van der Waals surface area contributed by atoms with Gasteiger partial charge in [-0.25, -0.2) is 0 Å². The van der Waals surface area contributed by atoms with Crippen molar-refractivity contribution in [2.45, 2.75) is 77.2 Å². The summed E-state index contributed by atoms with van der Waals surface area (Å²) in [5.74, 6) is 1.43. The fourth-order valence-corrected chi connectivity index (χ4v) is 3.99. The molecule has 0 saturated heterocycles. The maximum absolute atomic E-state index is 12.5. The molecule has 2 rings (SSSR count). The Morgan fingerprint density at radius 1 is 0.938 bits per heavy atom. The summed E-state index contributed by atoms with van der Waals surface area (Å²) in [6, 6.07) is 18.8. The molecule has 0 fully saturated rings. The van der Waals surface area contributed by atoms with Crippen molar-refractivity contribution in [3.63, 3.8) is 0 Å². The summed E-state index contributed by atoms with van der Waals surface area (Å²) >= 11 is 0. The normalized spacial score (nSPS) is 11.8. The summed E-state index contributed by atoms with van der Waals surface area (Å²) < 4.78 is 6.35. The molecule has 0 saturated carbocycles. The molecule has 2 aromatic rings. The molecule has 0 spiro atoms. The van der Waals surface area contributed by atoms with Crippen LogP contribution < -0.4 is 10.5 Å². The Morgan fingerprint density at radius 3 is 2.41 bits per heavy atom. The standard InChI is InChI=1S/C28H42N2O2/c1-3-4-5-8-18-26(24-15-9-6-10-16-24)23-32-27-19-13-12-17-25(27)22-30(2)28(31)20-11-7-14-21-29/h6,9-10,12-13,15-17,19,26H,3-5,7-8,11,14,18,20-23,29H2,1-2H3. The molecule has 0 aliphatic rings. The molecule has 0 radical (unpaired) electrons. The molecule has 176 valence electrons. The van der Waals surface area contributed by atoms with Crippen molar-refractivity contribution in [3.8, 4) is 5.75 Å². The fraction of sp³-hybridized carbons (Fsp3) is 0.536. The first-order valence-electron chi connectivity index (χ1n) is 12.3. The molecule has 0 heterocycles. The molecule has 2 aromatic carbocycles. The topological polar surface area (TPSA) is 55.6 Å². The number of ether oxygens (including phenoxy) is 1. The van der Waals surface area contributed by atoms with Gasteiger partial charge in [-0.2, -0.15) is 0 Å². The van der Waals surface area contributed by atoms with Crippen LogP contribution in [0.2, 0.25) is 0 Å². The summed E-state index contributed by atoms with van der Waals surface area (Å²) in [6.45, 7) is 4.16. The van der Waals surface area contributed by atoms with Gasteiger partial charge in [0.15, 0.2) is 0 Å². The van der Waals surface area contributed by atoms with Crippen molar-refractivity contribution in [1.82, 2.24) is 4.90 Å². The SMILES string of the molecule is CCCCCCC(COc1ccccc1CN(C)C(=O)CCCCCN)c1ccccc1. The van der Waals surface area contributed by atoms with Gasteiger partial charge in [-0.3, -0.25) is 4.79 Å². The van der Waals surface area contributed by atoms with Crippen molar-refractivity contribution >= 4 is 5.91 Å². The minimum Gasteiger partial charge on any atom is -0.493 e. The number of para-hydroxylation sites is 1. The van der Waals surface area contributed by atoms with E-state index < -0.39 is 0 Å². The van der Waals surface area contributed by atoms with Crippen LogP contribution in [0.25, 0.3) is 0 Å². The molecular formula is C28H42N2O2. The largest absolute Gasteiger partial charge is 0.493 e. The van der Waals surface area contributed by atoms with E-state index in [1.165, 1.54) is 31.2 Å². The van der Waals surface area contributed by atoms with Crippen molar-refractivity contribution < 1.29 is 9.53 Å². The summed E-state index contributed by atoms with van der Waals surface area (Å²) in [4.78, 5) is 14.3. The second-order valence-corrected chi connectivity index (χ2v) is 8.72. The number of carbonyl (C=O) groups excluding carboxylic acids is 1. The number of carbonyl (C=O) groups is 1. The second kappa shape index (κ2) is 15.5. The van der Waals surface area contributed by atoms with Crippen molar-refractivity contribution in [2.24, 2.45) is 5.73 Å². The van der Waals surface area contributed by atoms with Crippen LogP contribution in [0.5, 0.6) is 5.75 Å². The van der Waals surface area contributed by atoms with E-state index in [4.69, 9.17) is 10.5 Å². The number of unbranched alkanes of at least 4 members (excludes halogenated alkanes) is 5. The molecular weight excluding hydrogens is 396 g/mol. The fourth-order valence-electron chi connectivity index (χ4n) is 3.99. The first kappa shape index (κ1) is 25.9. The van der Waals surface area contributed by atoms with Crippen LogP contribution in [0.3, 0.4) is 0 Å². The number of benzene rings is 2.